The van der Waals surface area contributed by atoms with E-state index in [2.05, 4.69) is 47.4 Å². The molecule has 7 nitrogen and oxygen atoms in total. The molecule has 0 atom stereocenters. The molecular weight excluding hydrogens is 374 g/mol. The average molecular weight is 401 g/mol. The molecular formula is C22H27NO6. The van der Waals surface area contributed by atoms with Crippen LogP contribution >= 0.6 is 0 Å². The fourth-order valence-corrected chi connectivity index (χ4v) is 2.89. The van der Waals surface area contributed by atoms with E-state index in [0.717, 1.165) is 51.6 Å². The summed E-state index contributed by atoms with van der Waals surface area (Å²) in [6.07, 6.45) is 2.26. The number of unbranched alkanes of at least 4 members (excludes halogenated alkanes) is 1. The lowest BCUT2D eigenvalue weighted by Crippen LogP contribution is -2.36. The zero-order valence-corrected chi connectivity index (χ0v) is 16.3. The van der Waals surface area contributed by atoms with Crippen LogP contribution in [0, 0.1) is 0 Å². The van der Waals surface area contributed by atoms with Gasteiger partial charge in [0.1, 0.15) is 5.75 Å². The van der Waals surface area contributed by atoms with Gasteiger partial charge in [-0.2, -0.15) is 0 Å². The third kappa shape index (κ3) is 8.33. The molecule has 0 amide bonds. The highest BCUT2D eigenvalue weighted by molar-refractivity contribution is 6.27. The lowest BCUT2D eigenvalue weighted by Gasteiger charge is -2.26. The molecule has 0 saturated carbocycles. The normalized spacial score (nSPS) is 13.8. The fraction of sp³-hybridized carbons (Fsp3) is 0.364. The smallest absolute Gasteiger partial charge is 0.414 e. The van der Waals surface area contributed by atoms with Gasteiger partial charge < -0.3 is 19.7 Å². The summed E-state index contributed by atoms with van der Waals surface area (Å²) in [6.45, 7) is 5.80. The number of carbonyl (C=O) groups is 2. The number of hydrogen-bond donors (Lipinski definition) is 2. The largest absolute Gasteiger partial charge is 0.493 e. The van der Waals surface area contributed by atoms with Crippen LogP contribution in [0.25, 0.3) is 11.1 Å². The maximum absolute atomic E-state index is 9.10. The van der Waals surface area contributed by atoms with E-state index in [1.807, 2.05) is 12.1 Å². The number of hydrogen-bond acceptors (Lipinski definition) is 5. The second-order valence-corrected chi connectivity index (χ2v) is 6.48. The van der Waals surface area contributed by atoms with Gasteiger partial charge in [0.2, 0.25) is 0 Å². The molecule has 0 aliphatic carbocycles. The van der Waals surface area contributed by atoms with Gasteiger partial charge in [-0.1, -0.05) is 48.5 Å². The molecule has 1 heterocycles. The van der Waals surface area contributed by atoms with Crippen molar-refractivity contribution in [2.45, 2.75) is 12.8 Å². The highest BCUT2D eigenvalue weighted by Crippen LogP contribution is 2.29. The van der Waals surface area contributed by atoms with E-state index in [4.69, 9.17) is 29.3 Å². The molecule has 156 valence electrons. The van der Waals surface area contributed by atoms with Crippen LogP contribution in [0.15, 0.2) is 54.6 Å². The topological polar surface area (TPSA) is 96.3 Å². The van der Waals surface area contributed by atoms with Gasteiger partial charge in [-0.15, -0.1) is 0 Å². The molecule has 1 aliphatic rings. The summed E-state index contributed by atoms with van der Waals surface area (Å²) >= 11 is 0. The summed E-state index contributed by atoms with van der Waals surface area (Å²) in [6, 6.07) is 18.7. The first-order chi connectivity index (χ1) is 14.1. The first kappa shape index (κ1) is 22.4. The average Bonchev–Trinajstić information content (AvgIpc) is 2.75. The molecule has 29 heavy (non-hydrogen) atoms. The molecule has 2 aromatic rings. The SMILES string of the molecule is O=C(O)C(=O)O.c1ccc(-c2ccccc2OCCCCN2CCOCC2)cc1. The predicted octanol–water partition coefficient (Wildman–Crippen LogP) is 3.00. The summed E-state index contributed by atoms with van der Waals surface area (Å²) in [5.41, 5.74) is 2.37. The highest BCUT2D eigenvalue weighted by atomic mass is 16.5. The summed E-state index contributed by atoms with van der Waals surface area (Å²) in [4.78, 5) is 20.7. The van der Waals surface area contributed by atoms with Crippen molar-refractivity contribution in [1.29, 1.82) is 0 Å². The van der Waals surface area contributed by atoms with Crippen LogP contribution in [0.4, 0.5) is 0 Å². The van der Waals surface area contributed by atoms with Gasteiger partial charge in [0.25, 0.3) is 0 Å². The fourth-order valence-electron chi connectivity index (χ4n) is 2.89. The number of carboxylic acid groups (broad SMARTS) is 2. The Kier molecular flexibility index (Phi) is 9.68. The number of aliphatic carboxylic acids is 2. The van der Waals surface area contributed by atoms with Gasteiger partial charge in [-0.25, -0.2) is 9.59 Å². The van der Waals surface area contributed by atoms with E-state index in [9.17, 15) is 0 Å². The molecule has 0 bridgehead atoms. The van der Waals surface area contributed by atoms with Crippen molar-refractivity contribution in [3.63, 3.8) is 0 Å². The quantitative estimate of drug-likeness (QED) is 0.544. The molecule has 3 rings (SSSR count). The number of para-hydroxylation sites is 1. The van der Waals surface area contributed by atoms with Crippen LogP contribution in [0.1, 0.15) is 12.8 Å². The zero-order valence-electron chi connectivity index (χ0n) is 16.3. The van der Waals surface area contributed by atoms with Gasteiger partial charge in [0.05, 0.1) is 19.8 Å². The Morgan fingerprint density at radius 3 is 2.17 bits per heavy atom. The number of ether oxygens (including phenoxy) is 2. The Labute approximate surface area is 170 Å². The van der Waals surface area contributed by atoms with Crippen molar-refractivity contribution < 1.29 is 29.3 Å². The van der Waals surface area contributed by atoms with Crippen molar-refractivity contribution in [2.24, 2.45) is 0 Å². The maximum atomic E-state index is 9.10. The molecule has 2 N–H and O–H groups in total. The van der Waals surface area contributed by atoms with Gasteiger partial charge >= 0.3 is 11.9 Å². The summed E-state index contributed by atoms with van der Waals surface area (Å²) < 4.78 is 11.4. The van der Waals surface area contributed by atoms with Gasteiger partial charge in [0.15, 0.2) is 0 Å². The lowest BCUT2D eigenvalue weighted by molar-refractivity contribution is -0.159. The second kappa shape index (κ2) is 12.5. The van der Waals surface area contributed by atoms with Crippen LogP contribution in [0.3, 0.4) is 0 Å². The second-order valence-electron chi connectivity index (χ2n) is 6.48. The van der Waals surface area contributed by atoms with E-state index in [-0.39, 0.29) is 0 Å². The monoisotopic (exact) mass is 401 g/mol. The molecule has 1 saturated heterocycles. The Morgan fingerprint density at radius 1 is 0.897 bits per heavy atom. The summed E-state index contributed by atoms with van der Waals surface area (Å²) in [7, 11) is 0. The van der Waals surface area contributed by atoms with Gasteiger partial charge in [-0.05, 0) is 31.0 Å². The van der Waals surface area contributed by atoms with E-state index in [1.54, 1.807) is 0 Å². The third-order valence-electron chi connectivity index (χ3n) is 4.38. The Hall–Kier alpha value is -2.90. The van der Waals surface area contributed by atoms with Crippen molar-refractivity contribution in [2.75, 3.05) is 39.5 Å². The Balaban J connectivity index is 0.000000438. The van der Waals surface area contributed by atoms with Crippen LogP contribution in [-0.4, -0.2) is 66.5 Å². The third-order valence-corrected chi connectivity index (χ3v) is 4.38. The van der Waals surface area contributed by atoms with Crippen molar-refractivity contribution >= 4 is 11.9 Å². The van der Waals surface area contributed by atoms with E-state index >= 15 is 0 Å². The van der Waals surface area contributed by atoms with Crippen LogP contribution < -0.4 is 4.74 Å². The minimum absolute atomic E-state index is 0.772. The molecule has 0 aromatic heterocycles. The summed E-state index contributed by atoms with van der Waals surface area (Å²) in [5, 5.41) is 14.8. The van der Waals surface area contributed by atoms with Gasteiger partial charge in [-0.3, -0.25) is 4.90 Å². The molecule has 0 spiro atoms. The van der Waals surface area contributed by atoms with Crippen LogP contribution in [-0.2, 0) is 14.3 Å². The number of carboxylic acids is 2. The molecule has 0 unspecified atom stereocenters. The van der Waals surface area contributed by atoms with E-state index in [1.165, 1.54) is 17.5 Å². The number of rotatable bonds is 7. The van der Waals surface area contributed by atoms with Crippen molar-refractivity contribution in [1.82, 2.24) is 4.90 Å². The highest BCUT2D eigenvalue weighted by Gasteiger charge is 2.09. The van der Waals surface area contributed by atoms with Gasteiger partial charge in [0, 0.05) is 18.7 Å². The molecule has 0 radical (unpaired) electrons. The number of benzene rings is 2. The number of morpholine rings is 1. The molecule has 1 fully saturated rings. The standard InChI is InChI=1S/C20H25NO2.C2H2O4/c1-2-8-18(9-3-1)19-10-4-5-11-20(19)23-15-7-6-12-21-13-16-22-17-14-21;3-1(4)2(5)6/h1-5,8-11H,6-7,12-17H2;(H,3,4)(H,5,6). The lowest BCUT2D eigenvalue weighted by atomic mass is 10.1. The maximum Gasteiger partial charge on any atom is 0.414 e. The minimum Gasteiger partial charge on any atom is -0.493 e. The van der Waals surface area contributed by atoms with Crippen LogP contribution in [0.5, 0.6) is 5.75 Å². The molecule has 2 aromatic carbocycles. The van der Waals surface area contributed by atoms with Crippen LogP contribution in [0.2, 0.25) is 0 Å². The zero-order chi connectivity index (χ0) is 20.9. The van der Waals surface area contributed by atoms with Crippen molar-refractivity contribution in [3.05, 3.63) is 54.6 Å². The first-order valence-electron chi connectivity index (χ1n) is 9.61. The number of nitrogens with zero attached hydrogens (tertiary/aromatic N) is 1. The Bertz CT molecular complexity index is 747. The predicted molar refractivity (Wildman–Crippen MR) is 109 cm³/mol. The molecule has 1 aliphatic heterocycles. The van der Waals surface area contributed by atoms with E-state index < -0.39 is 11.9 Å². The summed E-state index contributed by atoms with van der Waals surface area (Å²) in [5.74, 6) is -2.67. The minimum atomic E-state index is -1.82. The Morgan fingerprint density at radius 2 is 1.52 bits per heavy atom. The molecule has 7 heteroatoms. The first-order valence-corrected chi connectivity index (χ1v) is 9.61. The van der Waals surface area contributed by atoms with E-state index in [0.29, 0.717) is 0 Å². The van der Waals surface area contributed by atoms with Crippen molar-refractivity contribution in [3.8, 4) is 16.9 Å².